The molecule has 0 bridgehead atoms. The third kappa shape index (κ3) is 4.82. The first-order chi connectivity index (χ1) is 7.92. The van der Waals surface area contributed by atoms with Crippen LogP contribution >= 0.6 is 0 Å². The Labute approximate surface area is 101 Å². The Morgan fingerprint density at radius 2 is 2.29 bits per heavy atom. The van der Waals surface area contributed by atoms with Crippen LogP contribution in [0.5, 0.6) is 0 Å². The fraction of sp³-hybridized carbons (Fsp3) is 0.500. The number of amides is 1. The van der Waals surface area contributed by atoms with Crippen molar-refractivity contribution in [1.29, 1.82) is 0 Å². The fourth-order valence-electron chi connectivity index (χ4n) is 1.28. The molecule has 1 aromatic heterocycles. The van der Waals surface area contributed by atoms with Gasteiger partial charge >= 0.3 is 6.09 Å². The van der Waals surface area contributed by atoms with E-state index < -0.39 is 12.2 Å². The van der Waals surface area contributed by atoms with E-state index in [1.807, 2.05) is 26.8 Å². The van der Waals surface area contributed by atoms with Gasteiger partial charge < -0.3 is 15.8 Å². The van der Waals surface area contributed by atoms with Gasteiger partial charge in [0.1, 0.15) is 6.10 Å². The molecular weight excluding hydrogens is 218 g/mol. The highest BCUT2D eigenvalue weighted by Gasteiger charge is 2.19. The Morgan fingerprint density at radius 3 is 2.76 bits per heavy atom. The summed E-state index contributed by atoms with van der Waals surface area (Å²) in [7, 11) is 0. The largest absolute Gasteiger partial charge is 0.440 e. The lowest BCUT2D eigenvalue weighted by molar-refractivity contribution is 0.0948. The Bertz CT molecular complexity index is 360. The quantitative estimate of drug-likeness (QED) is 0.837. The smallest absolute Gasteiger partial charge is 0.408 e. The van der Waals surface area contributed by atoms with Crippen LogP contribution in [-0.2, 0) is 4.74 Å². The molecule has 3 N–H and O–H groups in total. The Balaban J connectivity index is 2.62. The minimum Gasteiger partial charge on any atom is -0.440 e. The molecule has 5 nitrogen and oxygen atoms in total. The molecule has 0 saturated carbocycles. The van der Waals surface area contributed by atoms with E-state index in [1.165, 1.54) is 0 Å². The maximum atomic E-state index is 11.6. The van der Waals surface area contributed by atoms with Gasteiger partial charge in [0.2, 0.25) is 0 Å². The van der Waals surface area contributed by atoms with Gasteiger partial charge in [0.05, 0.1) is 0 Å². The minimum atomic E-state index is -0.475. The first-order valence-electron chi connectivity index (χ1n) is 5.51. The number of nitrogens with one attached hydrogen (secondary N) is 1. The van der Waals surface area contributed by atoms with Gasteiger partial charge in [-0.2, -0.15) is 0 Å². The van der Waals surface area contributed by atoms with Crippen molar-refractivity contribution >= 4 is 6.09 Å². The molecule has 1 rings (SSSR count). The molecule has 0 aromatic carbocycles. The Morgan fingerprint density at radius 1 is 1.59 bits per heavy atom. The molecule has 1 aromatic rings. The van der Waals surface area contributed by atoms with Gasteiger partial charge in [-0.3, -0.25) is 4.98 Å². The summed E-state index contributed by atoms with van der Waals surface area (Å²) >= 11 is 0. The molecule has 1 amide bonds. The highest BCUT2D eigenvalue weighted by Crippen LogP contribution is 2.15. The first-order valence-corrected chi connectivity index (χ1v) is 5.51. The van der Waals surface area contributed by atoms with Crippen LogP contribution in [0, 0.1) is 0 Å². The van der Waals surface area contributed by atoms with Crippen LogP contribution in [0.2, 0.25) is 0 Å². The zero-order chi connectivity index (χ0) is 12.9. The SMILES string of the molecule is CC(C)(C)NC(=O)OC(CN)c1cccnc1. The van der Waals surface area contributed by atoms with E-state index in [1.54, 1.807) is 18.5 Å². The molecule has 0 saturated heterocycles. The highest BCUT2D eigenvalue weighted by molar-refractivity contribution is 5.68. The number of pyridine rings is 1. The number of alkyl carbamates (subject to hydrolysis) is 1. The molecule has 0 radical (unpaired) electrons. The number of aromatic nitrogens is 1. The number of carbonyl (C=O) groups is 1. The van der Waals surface area contributed by atoms with Crippen LogP contribution in [0.15, 0.2) is 24.5 Å². The fourth-order valence-corrected chi connectivity index (χ4v) is 1.28. The van der Waals surface area contributed by atoms with Gasteiger partial charge in [-0.15, -0.1) is 0 Å². The van der Waals surface area contributed by atoms with Crippen molar-refractivity contribution in [3.63, 3.8) is 0 Å². The van der Waals surface area contributed by atoms with Crippen LogP contribution in [0.25, 0.3) is 0 Å². The molecule has 1 heterocycles. The van der Waals surface area contributed by atoms with E-state index in [4.69, 9.17) is 10.5 Å². The topological polar surface area (TPSA) is 77.2 Å². The summed E-state index contributed by atoms with van der Waals surface area (Å²) in [6.45, 7) is 5.88. The summed E-state index contributed by atoms with van der Waals surface area (Å²) in [5.41, 5.74) is 6.05. The molecule has 1 atom stereocenters. The second-order valence-electron chi connectivity index (χ2n) is 4.79. The van der Waals surface area contributed by atoms with Gasteiger partial charge in [0.15, 0.2) is 0 Å². The summed E-state index contributed by atoms with van der Waals surface area (Å²) in [5.74, 6) is 0. The molecule has 0 aliphatic carbocycles. The minimum absolute atomic E-state index is 0.225. The Kier molecular flexibility index (Phi) is 4.45. The van der Waals surface area contributed by atoms with Crippen molar-refractivity contribution in [2.24, 2.45) is 5.73 Å². The summed E-state index contributed by atoms with van der Waals surface area (Å²) in [6, 6.07) is 3.61. The second-order valence-corrected chi connectivity index (χ2v) is 4.79. The maximum absolute atomic E-state index is 11.6. The predicted molar refractivity (Wildman–Crippen MR) is 65.4 cm³/mol. The summed E-state index contributed by atoms with van der Waals surface area (Å²) in [4.78, 5) is 15.6. The zero-order valence-electron chi connectivity index (χ0n) is 10.4. The van der Waals surface area contributed by atoms with Crippen molar-refractivity contribution in [2.75, 3.05) is 6.54 Å². The molecule has 5 heteroatoms. The van der Waals surface area contributed by atoms with Gasteiger partial charge in [-0.1, -0.05) is 6.07 Å². The lowest BCUT2D eigenvalue weighted by atomic mass is 10.1. The average Bonchev–Trinajstić information content (AvgIpc) is 2.24. The van der Waals surface area contributed by atoms with Gasteiger partial charge in [-0.05, 0) is 26.8 Å². The number of nitrogens with zero attached hydrogens (tertiary/aromatic N) is 1. The third-order valence-electron chi connectivity index (χ3n) is 2.00. The van der Waals surface area contributed by atoms with Crippen LogP contribution in [0.3, 0.4) is 0 Å². The number of carbonyl (C=O) groups excluding carboxylic acids is 1. The normalized spacial score (nSPS) is 12.9. The monoisotopic (exact) mass is 237 g/mol. The standard InChI is InChI=1S/C12H19N3O2/c1-12(2,3)15-11(16)17-10(7-13)9-5-4-6-14-8-9/h4-6,8,10H,7,13H2,1-3H3,(H,15,16). The molecule has 17 heavy (non-hydrogen) atoms. The van der Waals surface area contributed by atoms with Crippen LogP contribution in [0.4, 0.5) is 4.79 Å². The predicted octanol–water partition coefficient (Wildman–Crippen LogP) is 1.61. The molecule has 0 aliphatic rings. The van der Waals surface area contributed by atoms with Crippen molar-refractivity contribution in [3.05, 3.63) is 30.1 Å². The van der Waals surface area contributed by atoms with Gasteiger partial charge in [-0.25, -0.2) is 4.79 Å². The van der Waals surface area contributed by atoms with E-state index in [-0.39, 0.29) is 12.1 Å². The number of rotatable bonds is 3. The van der Waals surface area contributed by atoms with Crippen LogP contribution in [-0.4, -0.2) is 23.2 Å². The molecule has 94 valence electrons. The third-order valence-corrected chi connectivity index (χ3v) is 2.00. The number of hydrogen-bond acceptors (Lipinski definition) is 4. The number of nitrogens with two attached hydrogens (primary N) is 1. The van der Waals surface area contributed by atoms with Gasteiger partial charge in [0, 0.05) is 30.0 Å². The zero-order valence-corrected chi connectivity index (χ0v) is 10.4. The summed E-state index contributed by atoms with van der Waals surface area (Å²) in [5, 5.41) is 2.72. The van der Waals surface area contributed by atoms with Crippen LogP contribution in [0.1, 0.15) is 32.4 Å². The van der Waals surface area contributed by atoms with Crippen molar-refractivity contribution in [2.45, 2.75) is 32.4 Å². The molecule has 0 fully saturated rings. The highest BCUT2D eigenvalue weighted by atomic mass is 16.6. The van der Waals surface area contributed by atoms with Crippen molar-refractivity contribution < 1.29 is 9.53 Å². The average molecular weight is 237 g/mol. The van der Waals surface area contributed by atoms with Crippen molar-refractivity contribution in [1.82, 2.24) is 10.3 Å². The number of ether oxygens (including phenoxy) is 1. The molecule has 0 aliphatic heterocycles. The van der Waals surface area contributed by atoms with Crippen molar-refractivity contribution in [3.8, 4) is 0 Å². The molecule has 0 spiro atoms. The molecule has 1 unspecified atom stereocenters. The number of hydrogen-bond donors (Lipinski definition) is 2. The summed E-state index contributed by atoms with van der Waals surface area (Å²) < 4.78 is 5.25. The summed E-state index contributed by atoms with van der Waals surface area (Å²) in [6.07, 6.45) is 2.36. The van der Waals surface area contributed by atoms with E-state index in [0.717, 1.165) is 5.56 Å². The first kappa shape index (κ1) is 13.4. The second kappa shape index (κ2) is 5.63. The van der Waals surface area contributed by atoms with E-state index in [2.05, 4.69) is 10.3 Å². The van der Waals surface area contributed by atoms with E-state index in [9.17, 15) is 4.79 Å². The van der Waals surface area contributed by atoms with E-state index >= 15 is 0 Å². The van der Waals surface area contributed by atoms with Gasteiger partial charge in [0.25, 0.3) is 0 Å². The lowest BCUT2D eigenvalue weighted by Gasteiger charge is -2.23. The lowest BCUT2D eigenvalue weighted by Crippen LogP contribution is -2.41. The maximum Gasteiger partial charge on any atom is 0.408 e. The molecular formula is C12H19N3O2. The van der Waals surface area contributed by atoms with E-state index in [0.29, 0.717) is 0 Å². The Hall–Kier alpha value is -1.62. The van der Waals surface area contributed by atoms with Crippen LogP contribution < -0.4 is 11.1 Å².